The Bertz CT molecular complexity index is 545. The van der Waals surface area contributed by atoms with Crippen LogP contribution in [0, 0.1) is 23.2 Å². The van der Waals surface area contributed by atoms with Gasteiger partial charge in [0.15, 0.2) is 14.1 Å². The van der Waals surface area contributed by atoms with E-state index in [-0.39, 0.29) is 52.3 Å². The molecule has 0 radical (unpaired) electrons. The number of carbonyl (C=O) groups is 2. The number of aliphatic hydroxyl groups excluding tert-OH is 1. The number of rotatable bonds is 7. The van der Waals surface area contributed by atoms with E-state index >= 15 is 0 Å². The first-order chi connectivity index (χ1) is 12.0. The molecule has 1 N–H and O–H groups in total. The fourth-order valence-electron chi connectivity index (χ4n) is 3.87. The van der Waals surface area contributed by atoms with Crippen LogP contribution in [0.5, 0.6) is 0 Å². The normalized spacial score (nSPS) is 26.1. The molecule has 1 saturated carbocycles. The molecule has 158 valence electrons. The fraction of sp³-hybridized carbons (Fsp3) is 0.909. The molecule has 27 heavy (non-hydrogen) atoms. The lowest BCUT2D eigenvalue weighted by molar-refractivity contribution is -0.144. The Morgan fingerprint density at radius 2 is 1.81 bits per heavy atom. The Labute approximate surface area is 167 Å². The van der Waals surface area contributed by atoms with Crippen LogP contribution in [0.15, 0.2) is 0 Å². The van der Waals surface area contributed by atoms with Crippen molar-refractivity contribution in [3.05, 3.63) is 0 Å². The second-order valence-electron chi connectivity index (χ2n) is 11.1. The largest absolute Gasteiger partial charge is 0.413 e. The van der Waals surface area contributed by atoms with E-state index in [0.717, 1.165) is 12.8 Å². The molecule has 0 aromatic heterocycles. The highest BCUT2D eigenvalue weighted by molar-refractivity contribution is 6.74. The number of ketones is 2. The lowest BCUT2D eigenvalue weighted by Gasteiger charge is -2.49. The number of Topliss-reactive ketones (excluding diaryl/α,β-unsaturated/α-hetero) is 2. The Morgan fingerprint density at radius 1 is 1.30 bits per heavy atom. The summed E-state index contributed by atoms with van der Waals surface area (Å²) >= 11 is 0. The Balaban J connectivity index is 3.20. The van der Waals surface area contributed by atoms with Gasteiger partial charge in [-0.2, -0.15) is 0 Å². The van der Waals surface area contributed by atoms with Gasteiger partial charge in [0, 0.05) is 11.8 Å². The van der Waals surface area contributed by atoms with E-state index in [0.29, 0.717) is 0 Å². The van der Waals surface area contributed by atoms with Gasteiger partial charge in [0.1, 0.15) is 11.9 Å². The van der Waals surface area contributed by atoms with Gasteiger partial charge in [0.05, 0.1) is 6.10 Å². The zero-order valence-electron chi connectivity index (χ0n) is 19.2. The maximum absolute atomic E-state index is 13.5. The van der Waals surface area contributed by atoms with Gasteiger partial charge in [0.25, 0.3) is 0 Å². The Morgan fingerprint density at radius 3 is 2.22 bits per heavy atom. The van der Waals surface area contributed by atoms with E-state index in [1.165, 1.54) is 6.92 Å². The van der Waals surface area contributed by atoms with Gasteiger partial charge < -0.3 is 9.53 Å². The van der Waals surface area contributed by atoms with Crippen molar-refractivity contribution in [2.75, 3.05) is 0 Å². The zero-order valence-corrected chi connectivity index (χ0v) is 20.2. The van der Waals surface area contributed by atoms with Crippen LogP contribution in [0.1, 0.15) is 74.7 Å². The van der Waals surface area contributed by atoms with E-state index in [1.54, 1.807) is 0 Å². The van der Waals surface area contributed by atoms with Crippen LogP contribution in [0.4, 0.5) is 0 Å². The van der Waals surface area contributed by atoms with Crippen LogP contribution >= 0.6 is 0 Å². The smallest absolute Gasteiger partial charge is 0.192 e. The summed E-state index contributed by atoms with van der Waals surface area (Å²) in [4.78, 5) is 25.0. The van der Waals surface area contributed by atoms with Crippen molar-refractivity contribution in [3.63, 3.8) is 0 Å². The predicted molar refractivity (Wildman–Crippen MR) is 113 cm³/mol. The van der Waals surface area contributed by atoms with Gasteiger partial charge in [-0.1, -0.05) is 48.5 Å². The van der Waals surface area contributed by atoms with E-state index in [4.69, 9.17) is 4.43 Å². The standard InChI is InChI=1S/C22H42O4Si/c1-14(2)20(26-27(9,10)21(4,5)6)18-19(25)16(11-12-22(18,7)8)13-17(24)15(3)23/h14,16-18,20,24H,11-13H2,1-10H3/t16-,17?,18+,20-/m1/s1. The van der Waals surface area contributed by atoms with Gasteiger partial charge in [-0.05, 0) is 55.7 Å². The minimum Gasteiger partial charge on any atom is -0.413 e. The molecule has 4 nitrogen and oxygen atoms in total. The quantitative estimate of drug-likeness (QED) is 0.613. The number of hydrogen-bond acceptors (Lipinski definition) is 4. The number of carbonyl (C=O) groups excluding carboxylic acids is 2. The van der Waals surface area contributed by atoms with Crippen LogP contribution in [0.25, 0.3) is 0 Å². The lowest BCUT2D eigenvalue weighted by Crippen LogP contribution is -2.54. The molecule has 0 aromatic rings. The topological polar surface area (TPSA) is 63.6 Å². The van der Waals surface area contributed by atoms with Crippen LogP contribution in [0.3, 0.4) is 0 Å². The molecule has 5 heteroatoms. The van der Waals surface area contributed by atoms with Crippen molar-refractivity contribution in [1.82, 2.24) is 0 Å². The van der Waals surface area contributed by atoms with E-state index in [9.17, 15) is 14.7 Å². The third-order valence-corrected chi connectivity index (χ3v) is 11.4. The summed E-state index contributed by atoms with van der Waals surface area (Å²) in [7, 11) is -2.03. The molecule has 0 amide bonds. The minimum absolute atomic E-state index is 0.0756. The van der Waals surface area contributed by atoms with Crippen molar-refractivity contribution in [2.24, 2.45) is 23.2 Å². The van der Waals surface area contributed by atoms with Gasteiger partial charge >= 0.3 is 0 Å². The molecule has 0 heterocycles. The molecule has 0 bridgehead atoms. The van der Waals surface area contributed by atoms with Crippen molar-refractivity contribution < 1.29 is 19.1 Å². The van der Waals surface area contributed by atoms with Crippen molar-refractivity contribution in [3.8, 4) is 0 Å². The molecule has 0 spiro atoms. The highest BCUT2D eigenvalue weighted by Gasteiger charge is 2.51. The highest BCUT2D eigenvalue weighted by Crippen LogP contribution is 2.48. The van der Waals surface area contributed by atoms with Gasteiger partial charge in [0.2, 0.25) is 0 Å². The third kappa shape index (κ3) is 5.74. The molecule has 1 fully saturated rings. The molecule has 1 aliphatic carbocycles. The molecular weight excluding hydrogens is 356 g/mol. The molecule has 1 aliphatic rings. The fourth-order valence-corrected chi connectivity index (χ4v) is 5.31. The maximum Gasteiger partial charge on any atom is 0.192 e. The molecule has 0 aliphatic heterocycles. The molecule has 0 saturated heterocycles. The summed E-state index contributed by atoms with van der Waals surface area (Å²) < 4.78 is 6.80. The van der Waals surface area contributed by atoms with Gasteiger partial charge in [-0.25, -0.2) is 0 Å². The maximum atomic E-state index is 13.5. The summed E-state index contributed by atoms with van der Waals surface area (Å²) in [6.07, 6.45) is 0.705. The summed E-state index contributed by atoms with van der Waals surface area (Å²) in [6, 6.07) is 0. The van der Waals surface area contributed by atoms with E-state index < -0.39 is 14.4 Å². The van der Waals surface area contributed by atoms with Gasteiger partial charge in [-0.15, -0.1) is 0 Å². The molecular formula is C22H42O4Si. The van der Waals surface area contributed by atoms with E-state index in [2.05, 4.69) is 61.6 Å². The zero-order chi connectivity index (χ0) is 21.4. The summed E-state index contributed by atoms with van der Waals surface area (Å²) in [5, 5.41) is 10.1. The van der Waals surface area contributed by atoms with Crippen LogP contribution in [-0.4, -0.2) is 37.2 Å². The molecule has 1 unspecified atom stereocenters. The summed E-state index contributed by atoms with van der Waals surface area (Å²) in [5.74, 6) is -0.328. The number of hydrogen-bond donors (Lipinski definition) is 1. The van der Waals surface area contributed by atoms with Crippen LogP contribution in [-0.2, 0) is 14.0 Å². The van der Waals surface area contributed by atoms with E-state index in [1.807, 2.05) is 0 Å². The monoisotopic (exact) mass is 398 g/mol. The SMILES string of the molecule is CC(=O)C(O)C[C@H]1CCC(C)(C)[C@H]([C@H](O[Si](C)(C)C(C)(C)C)C(C)C)C1=O. The lowest BCUT2D eigenvalue weighted by atomic mass is 9.60. The Kier molecular flexibility index (Phi) is 7.68. The minimum atomic E-state index is -2.03. The molecule has 0 aromatic carbocycles. The Hall–Kier alpha value is -0.523. The second-order valence-corrected chi connectivity index (χ2v) is 15.8. The summed E-state index contributed by atoms with van der Waals surface area (Å²) in [6.45, 7) is 21.1. The van der Waals surface area contributed by atoms with Crippen molar-refractivity contribution in [2.45, 2.75) is 105 Å². The van der Waals surface area contributed by atoms with Crippen LogP contribution in [0.2, 0.25) is 18.1 Å². The first-order valence-electron chi connectivity index (χ1n) is 10.4. The van der Waals surface area contributed by atoms with Crippen molar-refractivity contribution >= 4 is 19.9 Å². The predicted octanol–water partition coefficient (Wildman–Crippen LogP) is 4.99. The molecule has 4 atom stereocenters. The average Bonchev–Trinajstić information content (AvgIpc) is 2.47. The van der Waals surface area contributed by atoms with Gasteiger partial charge in [-0.3, -0.25) is 9.59 Å². The first kappa shape index (κ1) is 24.5. The second kappa shape index (κ2) is 8.46. The number of aliphatic hydroxyl groups is 1. The third-order valence-electron chi connectivity index (χ3n) is 6.89. The van der Waals surface area contributed by atoms with Crippen LogP contribution < -0.4 is 0 Å². The summed E-state index contributed by atoms with van der Waals surface area (Å²) in [5.41, 5.74) is -0.147. The average molecular weight is 399 g/mol. The first-order valence-corrected chi connectivity index (χ1v) is 13.3. The highest BCUT2D eigenvalue weighted by atomic mass is 28.4. The van der Waals surface area contributed by atoms with Crippen molar-refractivity contribution in [1.29, 1.82) is 0 Å². The molecule has 1 rings (SSSR count).